The molecule has 0 radical (unpaired) electrons. The normalized spacial score (nSPS) is 32.7. The van der Waals surface area contributed by atoms with Gasteiger partial charge in [-0.15, -0.1) is 0 Å². The molecular weight excluding hydrogens is 280 g/mol. The van der Waals surface area contributed by atoms with Gasteiger partial charge in [0.25, 0.3) is 0 Å². The minimum atomic E-state index is -1.72. The molecule has 5 atom stereocenters. The summed E-state index contributed by atoms with van der Waals surface area (Å²) in [5.41, 5.74) is 2.00. The Labute approximate surface area is 121 Å². The Bertz CT molecular complexity index is 530. The number of hydrogen-bond acceptors (Lipinski definition) is 6. The van der Waals surface area contributed by atoms with Crippen LogP contribution in [0.2, 0.25) is 0 Å². The molecule has 0 aliphatic carbocycles. The molecule has 1 fully saturated rings. The maximum atomic E-state index is 11.0. The third-order valence-corrected chi connectivity index (χ3v) is 3.54. The van der Waals surface area contributed by atoms with Gasteiger partial charge in [-0.3, -0.25) is 0 Å². The number of carboxylic acid groups (broad SMARTS) is 1. The number of hydrogen-bond donors (Lipinski definition) is 4. The topological polar surface area (TPSA) is 116 Å². The number of benzene rings is 1. The summed E-state index contributed by atoms with van der Waals surface area (Å²) in [5, 5.41) is 38.0. The number of ether oxygens (including phenoxy) is 2. The van der Waals surface area contributed by atoms with E-state index in [9.17, 15) is 20.1 Å². The first-order valence-corrected chi connectivity index (χ1v) is 6.47. The number of rotatable bonds is 3. The highest BCUT2D eigenvalue weighted by Gasteiger charge is 2.48. The van der Waals surface area contributed by atoms with Gasteiger partial charge in [0.15, 0.2) is 6.10 Å². The monoisotopic (exact) mass is 298 g/mol. The van der Waals surface area contributed by atoms with Crippen LogP contribution in [0.15, 0.2) is 18.2 Å². The van der Waals surface area contributed by atoms with Crippen LogP contribution in [0.1, 0.15) is 11.1 Å². The fourth-order valence-electron chi connectivity index (χ4n) is 2.07. The van der Waals surface area contributed by atoms with Crippen LogP contribution >= 0.6 is 0 Å². The minimum absolute atomic E-state index is 0.370. The first-order chi connectivity index (χ1) is 9.81. The molecular formula is C14H18O7. The molecule has 7 nitrogen and oxygen atoms in total. The number of aliphatic carboxylic acids is 1. The molecule has 0 amide bonds. The molecule has 1 aliphatic heterocycles. The highest BCUT2D eigenvalue weighted by molar-refractivity contribution is 5.73. The molecule has 0 aromatic heterocycles. The quantitative estimate of drug-likeness (QED) is 0.598. The first kappa shape index (κ1) is 15.7. The van der Waals surface area contributed by atoms with Crippen molar-refractivity contribution in [1.82, 2.24) is 0 Å². The largest absolute Gasteiger partial charge is 0.479 e. The Morgan fingerprint density at radius 3 is 2.33 bits per heavy atom. The minimum Gasteiger partial charge on any atom is -0.479 e. The molecule has 116 valence electrons. The van der Waals surface area contributed by atoms with E-state index in [4.69, 9.17) is 14.6 Å². The van der Waals surface area contributed by atoms with Gasteiger partial charge in [0.05, 0.1) is 0 Å². The average molecular weight is 298 g/mol. The third-order valence-electron chi connectivity index (χ3n) is 3.54. The van der Waals surface area contributed by atoms with E-state index in [-0.39, 0.29) is 0 Å². The standard InChI is InChI=1S/C14H18O7/c1-6-3-4-8(5-7(6)2)20-14-11(17)9(15)10(16)12(21-14)13(18)19/h3-5,9-12,14-17H,1-2H3,(H,18,19). The lowest BCUT2D eigenvalue weighted by Gasteiger charge is -2.38. The van der Waals surface area contributed by atoms with Gasteiger partial charge in [0.2, 0.25) is 6.29 Å². The summed E-state index contributed by atoms with van der Waals surface area (Å²) in [6.45, 7) is 3.80. The molecule has 0 saturated carbocycles. The molecule has 1 aliphatic rings. The van der Waals surface area contributed by atoms with E-state index in [0.29, 0.717) is 5.75 Å². The zero-order chi connectivity index (χ0) is 15.7. The SMILES string of the molecule is Cc1ccc(OC2OC(C(=O)O)C(O)C(O)C2O)cc1C. The summed E-state index contributed by atoms with van der Waals surface area (Å²) in [5.74, 6) is -1.07. The molecule has 5 unspecified atom stereocenters. The first-order valence-electron chi connectivity index (χ1n) is 6.47. The average Bonchev–Trinajstić information content (AvgIpc) is 2.43. The van der Waals surface area contributed by atoms with Crippen molar-refractivity contribution < 1.29 is 34.7 Å². The van der Waals surface area contributed by atoms with Crippen LogP contribution < -0.4 is 4.74 Å². The van der Waals surface area contributed by atoms with E-state index in [1.54, 1.807) is 18.2 Å². The molecule has 1 aromatic carbocycles. The Kier molecular flexibility index (Phi) is 4.48. The van der Waals surface area contributed by atoms with Crippen LogP contribution in [0.3, 0.4) is 0 Å². The Morgan fingerprint density at radius 1 is 1.10 bits per heavy atom. The van der Waals surface area contributed by atoms with Crippen LogP contribution in [-0.4, -0.2) is 57.1 Å². The van der Waals surface area contributed by atoms with Gasteiger partial charge in [-0.25, -0.2) is 4.79 Å². The van der Waals surface area contributed by atoms with Crippen LogP contribution in [0, 0.1) is 13.8 Å². The fraction of sp³-hybridized carbons (Fsp3) is 0.500. The fourth-order valence-corrected chi connectivity index (χ4v) is 2.07. The lowest BCUT2D eigenvalue weighted by molar-refractivity contribution is -0.271. The molecule has 0 bridgehead atoms. The summed E-state index contributed by atoms with van der Waals surface area (Å²) in [4.78, 5) is 11.0. The summed E-state index contributed by atoms with van der Waals surface area (Å²) in [7, 11) is 0. The van der Waals surface area contributed by atoms with Gasteiger partial charge >= 0.3 is 5.97 Å². The number of carboxylic acids is 1. The molecule has 2 rings (SSSR count). The molecule has 4 N–H and O–H groups in total. The molecule has 1 aromatic rings. The van der Waals surface area contributed by atoms with E-state index in [2.05, 4.69) is 0 Å². The second-order valence-electron chi connectivity index (χ2n) is 5.10. The Hall–Kier alpha value is -1.67. The second kappa shape index (κ2) is 5.98. The van der Waals surface area contributed by atoms with Crippen LogP contribution in [0.25, 0.3) is 0 Å². The predicted molar refractivity (Wildman–Crippen MR) is 70.9 cm³/mol. The maximum absolute atomic E-state index is 11.0. The molecule has 1 heterocycles. The zero-order valence-electron chi connectivity index (χ0n) is 11.6. The van der Waals surface area contributed by atoms with Crippen molar-refractivity contribution in [3.05, 3.63) is 29.3 Å². The van der Waals surface area contributed by atoms with Crippen molar-refractivity contribution in [2.45, 2.75) is 44.6 Å². The van der Waals surface area contributed by atoms with Crippen molar-refractivity contribution in [1.29, 1.82) is 0 Å². The van der Waals surface area contributed by atoms with Crippen LogP contribution in [0.5, 0.6) is 5.75 Å². The summed E-state index contributed by atoms with van der Waals surface area (Å²) < 4.78 is 10.4. The number of carbonyl (C=O) groups is 1. The van der Waals surface area contributed by atoms with Crippen LogP contribution in [0.4, 0.5) is 0 Å². The smallest absolute Gasteiger partial charge is 0.335 e. The van der Waals surface area contributed by atoms with E-state index in [0.717, 1.165) is 11.1 Å². The van der Waals surface area contributed by atoms with Gasteiger partial charge in [-0.2, -0.15) is 0 Å². The van der Waals surface area contributed by atoms with Gasteiger partial charge in [-0.05, 0) is 37.1 Å². The Morgan fingerprint density at radius 2 is 1.76 bits per heavy atom. The molecule has 7 heteroatoms. The molecule has 1 saturated heterocycles. The molecule has 21 heavy (non-hydrogen) atoms. The number of aliphatic hydroxyl groups excluding tert-OH is 3. The van der Waals surface area contributed by atoms with Gasteiger partial charge in [0, 0.05) is 0 Å². The van der Waals surface area contributed by atoms with Gasteiger partial charge < -0.3 is 29.9 Å². The summed E-state index contributed by atoms with van der Waals surface area (Å²) in [6.07, 6.45) is -8.00. The predicted octanol–water partition coefficient (Wildman–Crippen LogP) is -0.426. The van der Waals surface area contributed by atoms with E-state index < -0.39 is 36.7 Å². The summed E-state index contributed by atoms with van der Waals surface area (Å²) in [6, 6.07) is 5.16. The van der Waals surface area contributed by atoms with Crippen molar-refractivity contribution in [2.24, 2.45) is 0 Å². The lowest BCUT2D eigenvalue weighted by atomic mass is 9.99. The van der Waals surface area contributed by atoms with Crippen molar-refractivity contribution in [3.8, 4) is 5.75 Å². The number of aliphatic hydroxyl groups is 3. The van der Waals surface area contributed by atoms with Gasteiger partial charge in [0.1, 0.15) is 24.1 Å². The lowest BCUT2D eigenvalue weighted by Crippen LogP contribution is -2.61. The molecule has 0 spiro atoms. The summed E-state index contributed by atoms with van der Waals surface area (Å²) >= 11 is 0. The van der Waals surface area contributed by atoms with E-state index >= 15 is 0 Å². The number of aryl methyl sites for hydroxylation is 2. The van der Waals surface area contributed by atoms with Crippen molar-refractivity contribution in [2.75, 3.05) is 0 Å². The van der Waals surface area contributed by atoms with Crippen molar-refractivity contribution in [3.63, 3.8) is 0 Å². The zero-order valence-corrected chi connectivity index (χ0v) is 11.6. The van der Waals surface area contributed by atoms with Gasteiger partial charge in [-0.1, -0.05) is 6.07 Å². The highest BCUT2D eigenvalue weighted by atomic mass is 16.7. The Balaban J connectivity index is 2.17. The highest BCUT2D eigenvalue weighted by Crippen LogP contribution is 2.25. The second-order valence-corrected chi connectivity index (χ2v) is 5.10. The van der Waals surface area contributed by atoms with E-state index in [1.165, 1.54) is 0 Å². The maximum Gasteiger partial charge on any atom is 0.335 e. The van der Waals surface area contributed by atoms with Crippen LogP contribution in [-0.2, 0) is 9.53 Å². The third kappa shape index (κ3) is 3.16. The van der Waals surface area contributed by atoms with Crippen molar-refractivity contribution >= 4 is 5.97 Å². The van der Waals surface area contributed by atoms with E-state index in [1.807, 2.05) is 13.8 Å².